The van der Waals surface area contributed by atoms with Gasteiger partial charge in [0.1, 0.15) is 17.0 Å². The Balaban J connectivity index is 1.54. The lowest BCUT2D eigenvalue weighted by atomic mass is 9.92. The summed E-state index contributed by atoms with van der Waals surface area (Å²) in [7, 11) is 0. The molecule has 1 amide bonds. The van der Waals surface area contributed by atoms with E-state index in [1.807, 2.05) is 6.92 Å². The Hall–Kier alpha value is -3.76. The van der Waals surface area contributed by atoms with Crippen LogP contribution in [0.2, 0.25) is 0 Å². The van der Waals surface area contributed by atoms with E-state index in [-0.39, 0.29) is 46.1 Å². The molecule has 2 atom stereocenters. The van der Waals surface area contributed by atoms with Gasteiger partial charge in [-0.1, -0.05) is 0 Å². The summed E-state index contributed by atoms with van der Waals surface area (Å²) in [5, 5.41) is 4.63. The Morgan fingerprint density at radius 2 is 2.03 bits per heavy atom. The van der Waals surface area contributed by atoms with Crippen molar-refractivity contribution in [2.75, 3.05) is 12.3 Å². The molecular formula is C20H18F2N8O. The van der Waals surface area contributed by atoms with Gasteiger partial charge in [0, 0.05) is 37.0 Å². The van der Waals surface area contributed by atoms with Crippen molar-refractivity contribution >= 4 is 28.4 Å². The number of aromatic nitrogens is 6. The van der Waals surface area contributed by atoms with Gasteiger partial charge in [-0.3, -0.25) is 9.78 Å². The maximum Gasteiger partial charge on any atom is 0.274 e. The summed E-state index contributed by atoms with van der Waals surface area (Å²) in [6.45, 7) is 2.35. The minimum atomic E-state index is -0.819. The highest BCUT2D eigenvalue weighted by atomic mass is 19.1. The van der Waals surface area contributed by atoms with Crippen LogP contribution in [0.25, 0.3) is 16.6 Å². The summed E-state index contributed by atoms with van der Waals surface area (Å²) >= 11 is 0. The van der Waals surface area contributed by atoms with Crippen molar-refractivity contribution in [2.24, 2.45) is 0 Å². The van der Waals surface area contributed by atoms with Gasteiger partial charge in [-0.2, -0.15) is 4.52 Å². The molecule has 1 aliphatic rings. The molecule has 4 aromatic rings. The molecule has 1 saturated heterocycles. The van der Waals surface area contributed by atoms with Crippen LogP contribution in [0.3, 0.4) is 0 Å². The molecule has 1 aromatic carbocycles. The summed E-state index contributed by atoms with van der Waals surface area (Å²) in [4.78, 5) is 31.3. The van der Waals surface area contributed by atoms with Crippen molar-refractivity contribution in [1.82, 2.24) is 34.4 Å². The largest absolute Gasteiger partial charge is 0.368 e. The summed E-state index contributed by atoms with van der Waals surface area (Å²) in [5.41, 5.74) is 6.38. The first-order valence-corrected chi connectivity index (χ1v) is 9.80. The highest BCUT2D eigenvalue weighted by molar-refractivity contribution is 5.93. The van der Waals surface area contributed by atoms with E-state index < -0.39 is 11.6 Å². The normalized spacial score (nSPS) is 19.3. The van der Waals surface area contributed by atoms with Crippen molar-refractivity contribution in [2.45, 2.75) is 31.7 Å². The number of nitrogens with zero attached hydrogens (tertiary/aromatic N) is 7. The lowest BCUT2D eigenvalue weighted by Crippen LogP contribution is -2.45. The summed E-state index contributed by atoms with van der Waals surface area (Å²) in [6, 6.07) is 1.92. The maximum absolute atomic E-state index is 14.2. The van der Waals surface area contributed by atoms with E-state index in [0.717, 1.165) is 25.0 Å². The summed E-state index contributed by atoms with van der Waals surface area (Å²) in [5.74, 6) is -1.57. The van der Waals surface area contributed by atoms with E-state index in [1.54, 1.807) is 4.90 Å². The van der Waals surface area contributed by atoms with Crippen LogP contribution in [0.5, 0.6) is 0 Å². The van der Waals surface area contributed by atoms with Crippen LogP contribution >= 0.6 is 0 Å². The third kappa shape index (κ3) is 3.22. The number of fused-ring (bicyclic) bond motifs is 3. The average molecular weight is 424 g/mol. The minimum Gasteiger partial charge on any atom is -0.368 e. The highest BCUT2D eigenvalue weighted by Crippen LogP contribution is 2.31. The molecule has 4 heterocycles. The molecule has 2 N–H and O–H groups in total. The molecule has 0 aliphatic carbocycles. The molecule has 0 saturated carbocycles. The monoisotopic (exact) mass is 424 g/mol. The molecule has 1 fully saturated rings. The van der Waals surface area contributed by atoms with Gasteiger partial charge in [0.2, 0.25) is 5.95 Å². The Bertz CT molecular complexity index is 1310. The molecule has 11 heteroatoms. The number of carbonyl (C=O) groups excluding carboxylic acids is 1. The van der Waals surface area contributed by atoms with Gasteiger partial charge in [0.25, 0.3) is 5.91 Å². The first-order valence-electron chi connectivity index (χ1n) is 9.80. The standard InChI is InChI=1S/C20H18F2N8O/c1-10-2-3-11(9-29(10)19(31)15-8-24-4-5-25-15)17-27-18-13-6-12(21)7-14(22)16(13)26-20(23)30(18)28-17/h4-8,10-11H,2-3,9H2,1H3,(H2,23,26)/t10-,11+/m0/s1. The average Bonchev–Trinajstić information content (AvgIpc) is 3.22. The second kappa shape index (κ2) is 7.18. The van der Waals surface area contributed by atoms with Crippen molar-refractivity contribution in [1.29, 1.82) is 0 Å². The minimum absolute atomic E-state index is 0.0125. The third-order valence-electron chi connectivity index (χ3n) is 5.63. The van der Waals surface area contributed by atoms with Crippen LogP contribution in [-0.2, 0) is 0 Å². The van der Waals surface area contributed by atoms with Crippen LogP contribution in [0.1, 0.15) is 42.0 Å². The number of halogens is 2. The lowest BCUT2D eigenvalue weighted by Gasteiger charge is -2.36. The number of nitrogen functional groups attached to an aromatic ring is 1. The number of hydrogen-bond donors (Lipinski definition) is 1. The number of benzene rings is 1. The predicted molar refractivity (Wildman–Crippen MR) is 107 cm³/mol. The molecule has 0 radical (unpaired) electrons. The fourth-order valence-corrected chi connectivity index (χ4v) is 4.00. The molecule has 9 nitrogen and oxygen atoms in total. The van der Waals surface area contributed by atoms with Crippen molar-refractivity contribution < 1.29 is 13.6 Å². The zero-order valence-corrected chi connectivity index (χ0v) is 16.5. The lowest BCUT2D eigenvalue weighted by molar-refractivity contribution is 0.0599. The second-order valence-electron chi connectivity index (χ2n) is 7.63. The van der Waals surface area contributed by atoms with Gasteiger partial charge >= 0.3 is 0 Å². The molecule has 0 bridgehead atoms. The number of carbonyl (C=O) groups is 1. The zero-order valence-electron chi connectivity index (χ0n) is 16.5. The summed E-state index contributed by atoms with van der Waals surface area (Å²) < 4.78 is 29.3. The van der Waals surface area contributed by atoms with Gasteiger partial charge in [0.05, 0.1) is 11.6 Å². The first-order chi connectivity index (χ1) is 14.9. The number of piperidine rings is 1. The Morgan fingerprint density at radius 1 is 1.19 bits per heavy atom. The van der Waals surface area contributed by atoms with Crippen LogP contribution in [0.15, 0.2) is 30.7 Å². The smallest absolute Gasteiger partial charge is 0.274 e. The topological polar surface area (TPSA) is 115 Å². The molecule has 1 aliphatic heterocycles. The maximum atomic E-state index is 14.2. The highest BCUT2D eigenvalue weighted by Gasteiger charge is 2.33. The number of nitrogens with two attached hydrogens (primary N) is 1. The van der Waals surface area contributed by atoms with Crippen LogP contribution in [0.4, 0.5) is 14.7 Å². The molecule has 0 unspecified atom stereocenters. The molecular weight excluding hydrogens is 406 g/mol. The van der Waals surface area contributed by atoms with Gasteiger partial charge in [-0.05, 0) is 25.8 Å². The van der Waals surface area contributed by atoms with Gasteiger partial charge < -0.3 is 10.6 Å². The Morgan fingerprint density at radius 3 is 2.81 bits per heavy atom. The molecule has 3 aromatic heterocycles. The fourth-order valence-electron chi connectivity index (χ4n) is 4.00. The molecule has 158 valence electrons. The quantitative estimate of drug-likeness (QED) is 0.525. The van der Waals surface area contributed by atoms with E-state index in [1.165, 1.54) is 23.1 Å². The van der Waals surface area contributed by atoms with Crippen molar-refractivity contribution in [3.63, 3.8) is 0 Å². The van der Waals surface area contributed by atoms with Crippen LogP contribution in [-0.4, -0.2) is 52.9 Å². The number of anilines is 1. The van der Waals surface area contributed by atoms with E-state index >= 15 is 0 Å². The molecule has 0 spiro atoms. The van der Waals surface area contributed by atoms with Crippen LogP contribution < -0.4 is 5.73 Å². The molecule has 5 rings (SSSR count). The molecule has 31 heavy (non-hydrogen) atoms. The van der Waals surface area contributed by atoms with Crippen molar-refractivity contribution in [3.8, 4) is 0 Å². The van der Waals surface area contributed by atoms with Crippen LogP contribution in [0, 0.1) is 11.6 Å². The van der Waals surface area contributed by atoms with Crippen molar-refractivity contribution in [3.05, 3.63) is 53.9 Å². The predicted octanol–water partition coefficient (Wildman–Crippen LogP) is 2.34. The van der Waals surface area contributed by atoms with Gasteiger partial charge in [0.15, 0.2) is 17.3 Å². The van der Waals surface area contributed by atoms with Gasteiger partial charge in [-0.25, -0.2) is 23.7 Å². The van der Waals surface area contributed by atoms with E-state index in [2.05, 4.69) is 25.0 Å². The fraction of sp³-hybridized carbons (Fsp3) is 0.300. The second-order valence-corrected chi connectivity index (χ2v) is 7.63. The number of amides is 1. The van der Waals surface area contributed by atoms with E-state index in [0.29, 0.717) is 12.4 Å². The third-order valence-corrected chi connectivity index (χ3v) is 5.63. The van der Waals surface area contributed by atoms with E-state index in [9.17, 15) is 13.6 Å². The Labute approximate surface area is 174 Å². The van der Waals surface area contributed by atoms with Gasteiger partial charge in [-0.15, -0.1) is 5.10 Å². The SMILES string of the molecule is C[C@H]1CC[C@@H](c2nc3c4cc(F)cc(F)c4nc(N)n3n2)CN1C(=O)c1cnccn1. The summed E-state index contributed by atoms with van der Waals surface area (Å²) in [6.07, 6.45) is 5.90. The number of likely N-dealkylation sites (tertiary alicyclic amines) is 1. The zero-order chi connectivity index (χ0) is 21.7. The Kier molecular flexibility index (Phi) is 4.45. The van der Waals surface area contributed by atoms with E-state index in [4.69, 9.17) is 5.73 Å². The number of rotatable bonds is 2. The first kappa shape index (κ1) is 19.2. The number of hydrogen-bond acceptors (Lipinski definition) is 7.